The topological polar surface area (TPSA) is 67.4 Å². The Labute approximate surface area is 142 Å². The number of nitrogens with one attached hydrogen (secondary N) is 2. The van der Waals surface area contributed by atoms with Gasteiger partial charge in [-0.1, -0.05) is 12.1 Å². The van der Waals surface area contributed by atoms with E-state index >= 15 is 0 Å². The van der Waals surface area contributed by atoms with Crippen molar-refractivity contribution in [2.45, 2.75) is 27.2 Å². The van der Waals surface area contributed by atoms with Crippen molar-refractivity contribution in [2.24, 2.45) is 0 Å². The van der Waals surface area contributed by atoms with Gasteiger partial charge in [0, 0.05) is 18.3 Å². The van der Waals surface area contributed by atoms with Crippen LogP contribution in [0.5, 0.6) is 5.75 Å². The van der Waals surface area contributed by atoms with E-state index in [1.54, 1.807) is 24.3 Å². The van der Waals surface area contributed by atoms with Crippen molar-refractivity contribution < 1.29 is 14.3 Å². The quantitative estimate of drug-likeness (QED) is 0.851. The molecule has 0 radical (unpaired) electrons. The Morgan fingerprint density at radius 1 is 0.958 bits per heavy atom. The summed E-state index contributed by atoms with van der Waals surface area (Å²) in [5.41, 5.74) is 3.63. The van der Waals surface area contributed by atoms with Crippen LogP contribution >= 0.6 is 0 Å². The fourth-order valence-electron chi connectivity index (χ4n) is 2.20. The van der Waals surface area contributed by atoms with Gasteiger partial charge in [-0.25, -0.2) is 0 Å². The standard InChI is InChI=1S/C19H22N2O3/c1-13-5-4-6-18(14(13)2)24-12-11-19(23)21-17-9-7-16(8-10-17)20-15(3)22/h4-10H,11-12H2,1-3H3,(H,20,22)(H,21,23). The Balaban J connectivity index is 1.81. The van der Waals surface area contributed by atoms with Gasteiger partial charge in [0.05, 0.1) is 13.0 Å². The molecule has 0 atom stereocenters. The fourth-order valence-corrected chi connectivity index (χ4v) is 2.20. The third kappa shape index (κ3) is 5.12. The van der Waals surface area contributed by atoms with Crippen molar-refractivity contribution in [2.75, 3.05) is 17.2 Å². The van der Waals surface area contributed by atoms with E-state index < -0.39 is 0 Å². The first-order valence-corrected chi connectivity index (χ1v) is 7.82. The zero-order valence-corrected chi connectivity index (χ0v) is 14.2. The molecule has 0 fully saturated rings. The maximum absolute atomic E-state index is 12.0. The van der Waals surface area contributed by atoms with Gasteiger partial charge in [-0.05, 0) is 55.3 Å². The molecule has 2 aromatic rings. The van der Waals surface area contributed by atoms with E-state index in [-0.39, 0.29) is 18.2 Å². The average molecular weight is 326 g/mol. The molecule has 2 rings (SSSR count). The monoisotopic (exact) mass is 326 g/mol. The van der Waals surface area contributed by atoms with E-state index in [0.717, 1.165) is 16.9 Å². The molecule has 5 heteroatoms. The van der Waals surface area contributed by atoms with Crippen LogP contribution in [0.4, 0.5) is 11.4 Å². The lowest BCUT2D eigenvalue weighted by Crippen LogP contribution is -2.15. The van der Waals surface area contributed by atoms with Gasteiger partial charge in [-0.15, -0.1) is 0 Å². The number of carbonyl (C=O) groups is 2. The Kier molecular flexibility index (Phi) is 5.95. The summed E-state index contributed by atoms with van der Waals surface area (Å²) in [6.45, 7) is 5.80. The minimum Gasteiger partial charge on any atom is -0.493 e. The molecule has 0 aliphatic carbocycles. The Hall–Kier alpha value is -2.82. The summed E-state index contributed by atoms with van der Waals surface area (Å²) in [6.07, 6.45) is 0.265. The molecule has 0 saturated heterocycles. The van der Waals surface area contributed by atoms with Crippen molar-refractivity contribution in [3.05, 3.63) is 53.6 Å². The van der Waals surface area contributed by atoms with Gasteiger partial charge < -0.3 is 15.4 Å². The van der Waals surface area contributed by atoms with Crippen LogP contribution in [0.2, 0.25) is 0 Å². The molecule has 126 valence electrons. The summed E-state index contributed by atoms with van der Waals surface area (Å²) in [5, 5.41) is 5.48. The number of aryl methyl sites for hydroxylation is 1. The van der Waals surface area contributed by atoms with E-state index in [4.69, 9.17) is 4.74 Å². The summed E-state index contributed by atoms with van der Waals surface area (Å²) in [4.78, 5) is 22.9. The number of amides is 2. The summed E-state index contributed by atoms with van der Waals surface area (Å²) in [6, 6.07) is 12.8. The lowest BCUT2D eigenvalue weighted by atomic mass is 10.1. The number of carbonyl (C=O) groups excluding carboxylic acids is 2. The van der Waals surface area contributed by atoms with Crippen molar-refractivity contribution >= 4 is 23.2 Å². The normalized spacial score (nSPS) is 10.1. The first-order valence-electron chi connectivity index (χ1n) is 7.82. The molecular formula is C19H22N2O3. The molecule has 0 aliphatic rings. The average Bonchev–Trinajstić information content (AvgIpc) is 2.53. The van der Waals surface area contributed by atoms with Crippen LogP contribution in [0.25, 0.3) is 0 Å². The molecule has 0 unspecified atom stereocenters. The first kappa shape index (κ1) is 17.5. The van der Waals surface area contributed by atoms with E-state index in [2.05, 4.69) is 10.6 Å². The van der Waals surface area contributed by atoms with Crippen molar-refractivity contribution in [3.8, 4) is 5.75 Å². The Morgan fingerprint density at radius 3 is 2.21 bits per heavy atom. The van der Waals surface area contributed by atoms with Gasteiger partial charge in [0.1, 0.15) is 5.75 Å². The van der Waals surface area contributed by atoms with Crippen LogP contribution in [-0.4, -0.2) is 18.4 Å². The second-order valence-corrected chi connectivity index (χ2v) is 5.60. The molecule has 0 spiro atoms. The van der Waals surface area contributed by atoms with E-state index in [9.17, 15) is 9.59 Å². The molecule has 0 bridgehead atoms. The van der Waals surface area contributed by atoms with Crippen LogP contribution in [0.1, 0.15) is 24.5 Å². The number of rotatable bonds is 6. The van der Waals surface area contributed by atoms with Gasteiger partial charge in [0.2, 0.25) is 11.8 Å². The summed E-state index contributed by atoms with van der Waals surface area (Å²) >= 11 is 0. The van der Waals surface area contributed by atoms with Crippen molar-refractivity contribution in [3.63, 3.8) is 0 Å². The van der Waals surface area contributed by atoms with E-state index in [1.807, 2.05) is 32.0 Å². The predicted octanol–water partition coefficient (Wildman–Crippen LogP) is 3.67. The van der Waals surface area contributed by atoms with Gasteiger partial charge in [0.15, 0.2) is 0 Å². The Morgan fingerprint density at radius 2 is 1.58 bits per heavy atom. The SMILES string of the molecule is CC(=O)Nc1ccc(NC(=O)CCOc2cccc(C)c2C)cc1. The van der Waals surface area contributed by atoms with Gasteiger partial charge >= 0.3 is 0 Å². The number of hydrogen-bond acceptors (Lipinski definition) is 3. The molecule has 0 saturated carbocycles. The van der Waals surface area contributed by atoms with Crippen LogP contribution in [-0.2, 0) is 9.59 Å². The number of benzene rings is 2. The van der Waals surface area contributed by atoms with Gasteiger partial charge in [0.25, 0.3) is 0 Å². The number of ether oxygens (including phenoxy) is 1. The highest BCUT2D eigenvalue weighted by atomic mass is 16.5. The third-order valence-electron chi connectivity index (χ3n) is 3.63. The van der Waals surface area contributed by atoms with Crippen LogP contribution in [0, 0.1) is 13.8 Å². The van der Waals surface area contributed by atoms with Gasteiger partial charge in [-0.2, -0.15) is 0 Å². The maximum atomic E-state index is 12.0. The molecule has 0 aromatic heterocycles. The molecule has 2 N–H and O–H groups in total. The molecular weight excluding hydrogens is 304 g/mol. The lowest BCUT2D eigenvalue weighted by Gasteiger charge is -2.11. The molecule has 0 heterocycles. The lowest BCUT2D eigenvalue weighted by molar-refractivity contribution is -0.116. The third-order valence-corrected chi connectivity index (χ3v) is 3.63. The highest BCUT2D eigenvalue weighted by Gasteiger charge is 2.06. The van der Waals surface area contributed by atoms with Crippen LogP contribution in [0.3, 0.4) is 0 Å². The zero-order valence-electron chi connectivity index (χ0n) is 14.2. The molecule has 0 aliphatic heterocycles. The number of anilines is 2. The predicted molar refractivity (Wildman–Crippen MR) is 95.4 cm³/mol. The van der Waals surface area contributed by atoms with Crippen molar-refractivity contribution in [1.29, 1.82) is 0 Å². The van der Waals surface area contributed by atoms with Crippen LogP contribution in [0.15, 0.2) is 42.5 Å². The highest BCUT2D eigenvalue weighted by molar-refractivity contribution is 5.92. The smallest absolute Gasteiger partial charge is 0.227 e. The summed E-state index contributed by atoms with van der Waals surface area (Å²) in [5.74, 6) is 0.561. The molecule has 2 aromatic carbocycles. The zero-order chi connectivity index (χ0) is 17.5. The number of hydrogen-bond donors (Lipinski definition) is 2. The van der Waals surface area contributed by atoms with E-state index in [0.29, 0.717) is 18.0 Å². The maximum Gasteiger partial charge on any atom is 0.227 e. The summed E-state index contributed by atoms with van der Waals surface area (Å²) in [7, 11) is 0. The second-order valence-electron chi connectivity index (χ2n) is 5.60. The molecule has 5 nitrogen and oxygen atoms in total. The largest absolute Gasteiger partial charge is 0.493 e. The highest BCUT2D eigenvalue weighted by Crippen LogP contribution is 2.20. The van der Waals surface area contributed by atoms with E-state index in [1.165, 1.54) is 6.92 Å². The minimum atomic E-state index is -0.129. The molecule has 24 heavy (non-hydrogen) atoms. The van der Waals surface area contributed by atoms with Gasteiger partial charge in [-0.3, -0.25) is 9.59 Å². The summed E-state index contributed by atoms with van der Waals surface area (Å²) < 4.78 is 5.68. The second kappa shape index (κ2) is 8.15. The molecule has 2 amide bonds. The van der Waals surface area contributed by atoms with Crippen molar-refractivity contribution in [1.82, 2.24) is 0 Å². The first-order chi connectivity index (χ1) is 11.5. The fraction of sp³-hybridized carbons (Fsp3) is 0.263. The minimum absolute atomic E-state index is 0.118. The van der Waals surface area contributed by atoms with Crippen LogP contribution < -0.4 is 15.4 Å². The Bertz CT molecular complexity index is 724.